The summed E-state index contributed by atoms with van der Waals surface area (Å²) in [6.07, 6.45) is -0.0906. The number of alkyl halides is 2. The summed E-state index contributed by atoms with van der Waals surface area (Å²) in [6.45, 7) is 0.646. The van der Waals surface area contributed by atoms with Gasteiger partial charge in [0.25, 0.3) is 0 Å². The number of anilines is 1. The number of nitrogens with one attached hydrogen (secondary N) is 1. The number of carbonyl (C=O) groups excluding carboxylic acids is 2. The fraction of sp³-hybridized carbons (Fsp3) is 0.364. The first-order valence-corrected chi connectivity index (χ1v) is 9.80. The zero-order valence-corrected chi connectivity index (χ0v) is 17.1. The Kier molecular flexibility index (Phi) is 7.04. The van der Waals surface area contributed by atoms with Gasteiger partial charge in [0.1, 0.15) is 5.82 Å². The maximum absolute atomic E-state index is 13.3. The first kappa shape index (κ1) is 22.5. The standard InChI is InChI=1S/C22H23F3N2O4/c1-13(2)30-19-8-14(6-7-18(19)31-22(24)25)15-9-21(29)27(11-15)12-20(28)26-17-5-3-4-16(23)10-17/h3-8,10,13,15,22H,9,11-12H2,1-2H3,(H,26,28). The zero-order valence-electron chi connectivity index (χ0n) is 17.1. The van der Waals surface area contributed by atoms with Crippen LogP contribution in [0.5, 0.6) is 11.5 Å². The van der Waals surface area contributed by atoms with Crippen molar-refractivity contribution >= 4 is 17.5 Å². The third-order valence-corrected chi connectivity index (χ3v) is 4.68. The number of hydrogen-bond donors (Lipinski definition) is 1. The summed E-state index contributed by atoms with van der Waals surface area (Å²) < 4.78 is 48.7. The second-order valence-electron chi connectivity index (χ2n) is 7.49. The second-order valence-corrected chi connectivity index (χ2v) is 7.49. The van der Waals surface area contributed by atoms with E-state index in [2.05, 4.69) is 10.1 Å². The third-order valence-electron chi connectivity index (χ3n) is 4.68. The van der Waals surface area contributed by atoms with Gasteiger partial charge in [-0.15, -0.1) is 0 Å². The van der Waals surface area contributed by atoms with Crippen molar-refractivity contribution in [2.45, 2.75) is 38.9 Å². The van der Waals surface area contributed by atoms with E-state index >= 15 is 0 Å². The lowest BCUT2D eigenvalue weighted by Crippen LogP contribution is -2.34. The molecule has 1 N–H and O–H groups in total. The Balaban J connectivity index is 1.68. The molecule has 1 fully saturated rings. The van der Waals surface area contributed by atoms with Gasteiger partial charge in [0, 0.05) is 24.6 Å². The molecule has 2 aromatic rings. The van der Waals surface area contributed by atoms with Gasteiger partial charge in [-0.3, -0.25) is 9.59 Å². The molecule has 3 rings (SSSR count). The van der Waals surface area contributed by atoms with E-state index in [9.17, 15) is 22.8 Å². The Morgan fingerprint density at radius 3 is 2.61 bits per heavy atom. The van der Waals surface area contributed by atoms with Crippen LogP contribution in [-0.4, -0.2) is 42.5 Å². The monoisotopic (exact) mass is 436 g/mol. The predicted octanol–water partition coefficient (Wildman–Crippen LogP) is 4.17. The lowest BCUT2D eigenvalue weighted by molar-refractivity contribution is -0.131. The number of amides is 2. The summed E-state index contributed by atoms with van der Waals surface area (Å²) in [5.41, 5.74) is 1.02. The molecule has 31 heavy (non-hydrogen) atoms. The minimum Gasteiger partial charge on any atom is -0.487 e. The van der Waals surface area contributed by atoms with Gasteiger partial charge >= 0.3 is 6.61 Å². The zero-order chi connectivity index (χ0) is 22.5. The van der Waals surface area contributed by atoms with Gasteiger partial charge in [-0.25, -0.2) is 4.39 Å². The third kappa shape index (κ3) is 6.13. The van der Waals surface area contributed by atoms with Crippen molar-refractivity contribution < 1.29 is 32.2 Å². The summed E-state index contributed by atoms with van der Waals surface area (Å²) >= 11 is 0. The summed E-state index contributed by atoms with van der Waals surface area (Å²) in [5.74, 6) is -1.27. The molecule has 1 saturated heterocycles. The molecule has 1 atom stereocenters. The highest BCUT2D eigenvalue weighted by Crippen LogP contribution is 2.36. The predicted molar refractivity (Wildman–Crippen MR) is 108 cm³/mol. The van der Waals surface area contributed by atoms with Crippen molar-refractivity contribution in [3.8, 4) is 11.5 Å². The molecule has 9 heteroatoms. The minimum atomic E-state index is -2.99. The fourth-order valence-corrected chi connectivity index (χ4v) is 3.41. The molecule has 2 aromatic carbocycles. The molecule has 1 unspecified atom stereocenters. The maximum atomic E-state index is 13.3. The largest absolute Gasteiger partial charge is 0.487 e. The van der Waals surface area contributed by atoms with E-state index < -0.39 is 18.3 Å². The van der Waals surface area contributed by atoms with Gasteiger partial charge in [0.15, 0.2) is 11.5 Å². The molecule has 166 valence electrons. The van der Waals surface area contributed by atoms with E-state index in [4.69, 9.17) is 4.74 Å². The van der Waals surface area contributed by atoms with Gasteiger partial charge in [0.05, 0.1) is 12.6 Å². The molecule has 1 heterocycles. The van der Waals surface area contributed by atoms with Crippen LogP contribution in [0.3, 0.4) is 0 Å². The van der Waals surface area contributed by atoms with Crippen molar-refractivity contribution in [2.24, 2.45) is 0 Å². The Labute approximate surface area is 177 Å². The van der Waals surface area contributed by atoms with Gasteiger partial charge in [-0.05, 0) is 49.7 Å². The van der Waals surface area contributed by atoms with Crippen LogP contribution in [0.4, 0.5) is 18.9 Å². The van der Waals surface area contributed by atoms with Crippen LogP contribution in [0.25, 0.3) is 0 Å². The van der Waals surface area contributed by atoms with Crippen molar-refractivity contribution in [3.63, 3.8) is 0 Å². The normalized spacial score (nSPS) is 16.2. The summed E-state index contributed by atoms with van der Waals surface area (Å²) in [6, 6.07) is 10.1. The van der Waals surface area contributed by atoms with Crippen molar-refractivity contribution in [2.75, 3.05) is 18.4 Å². The summed E-state index contributed by atoms with van der Waals surface area (Å²) in [4.78, 5) is 26.1. The number of likely N-dealkylation sites (tertiary alicyclic amines) is 1. The average Bonchev–Trinajstić information content (AvgIpc) is 3.02. The van der Waals surface area contributed by atoms with E-state index in [1.54, 1.807) is 32.0 Å². The molecule has 0 spiro atoms. The summed E-state index contributed by atoms with van der Waals surface area (Å²) in [5, 5.41) is 2.56. The lowest BCUT2D eigenvalue weighted by atomic mass is 9.98. The van der Waals surface area contributed by atoms with E-state index in [0.717, 1.165) is 5.56 Å². The summed E-state index contributed by atoms with van der Waals surface area (Å²) in [7, 11) is 0. The van der Waals surface area contributed by atoms with Gasteiger partial charge in [-0.2, -0.15) is 8.78 Å². The van der Waals surface area contributed by atoms with E-state index in [1.807, 2.05) is 0 Å². The SMILES string of the molecule is CC(C)Oc1cc(C2CC(=O)N(CC(=O)Nc3cccc(F)c3)C2)ccc1OC(F)F. The molecule has 0 radical (unpaired) electrons. The van der Waals surface area contributed by atoms with Crippen LogP contribution in [0.15, 0.2) is 42.5 Å². The van der Waals surface area contributed by atoms with Gasteiger partial charge in [-0.1, -0.05) is 12.1 Å². The first-order chi connectivity index (χ1) is 14.7. The topological polar surface area (TPSA) is 67.9 Å². The number of hydrogen-bond acceptors (Lipinski definition) is 4. The molecule has 1 aliphatic heterocycles. The highest BCUT2D eigenvalue weighted by molar-refractivity contribution is 5.95. The van der Waals surface area contributed by atoms with Crippen LogP contribution < -0.4 is 14.8 Å². The van der Waals surface area contributed by atoms with E-state index in [-0.39, 0.29) is 48.9 Å². The Morgan fingerprint density at radius 2 is 1.94 bits per heavy atom. The second kappa shape index (κ2) is 9.72. The number of carbonyl (C=O) groups is 2. The maximum Gasteiger partial charge on any atom is 0.387 e. The Morgan fingerprint density at radius 1 is 1.16 bits per heavy atom. The molecule has 1 aliphatic rings. The van der Waals surface area contributed by atoms with E-state index in [1.165, 1.54) is 29.2 Å². The van der Waals surface area contributed by atoms with Crippen LogP contribution in [0.1, 0.15) is 31.7 Å². The van der Waals surface area contributed by atoms with Crippen molar-refractivity contribution in [1.82, 2.24) is 4.90 Å². The molecule has 0 bridgehead atoms. The number of rotatable bonds is 8. The molecular weight excluding hydrogens is 413 g/mol. The molecule has 0 aliphatic carbocycles. The Bertz CT molecular complexity index is 952. The number of nitrogens with zero attached hydrogens (tertiary/aromatic N) is 1. The quantitative estimate of drug-likeness (QED) is 0.675. The molecular formula is C22H23F3N2O4. The molecule has 6 nitrogen and oxygen atoms in total. The molecule has 2 amide bonds. The highest BCUT2D eigenvalue weighted by atomic mass is 19.3. The first-order valence-electron chi connectivity index (χ1n) is 9.80. The fourth-order valence-electron chi connectivity index (χ4n) is 3.41. The Hall–Kier alpha value is -3.23. The smallest absolute Gasteiger partial charge is 0.387 e. The number of ether oxygens (including phenoxy) is 2. The van der Waals surface area contributed by atoms with Crippen LogP contribution in [0, 0.1) is 5.82 Å². The lowest BCUT2D eigenvalue weighted by Gasteiger charge is -2.19. The molecule has 0 saturated carbocycles. The van der Waals surface area contributed by atoms with Crippen molar-refractivity contribution in [3.05, 3.63) is 53.8 Å². The van der Waals surface area contributed by atoms with Crippen molar-refractivity contribution in [1.29, 1.82) is 0 Å². The van der Waals surface area contributed by atoms with Crippen LogP contribution in [-0.2, 0) is 9.59 Å². The molecule has 0 aromatic heterocycles. The number of benzene rings is 2. The van der Waals surface area contributed by atoms with Gasteiger partial charge < -0.3 is 19.7 Å². The highest BCUT2D eigenvalue weighted by Gasteiger charge is 2.32. The average molecular weight is 436 g/mol. The number of halogens is 3. The minimum absolute atomic E-state index is 0.0805. The van der Waals surface area contributed by atoms with Crippen LogP contribution in [0.2, 0.25) is 0 Å². The van der Waals surface area contributed by atoms with E-state index in [0.29, 0.717) is 5.69 Å². The van der Waals surface area contributed by atoms with Crippen LogP contribution >= 0.6 is 0 Å². The van der Waals surface area contributed by atoms with Gasteiger partial charge in [0.2, 0.25) is 11.8 Å².